The highest BCUT2D eigenvalue weighted by molar-refractivity contribution is 6.30. The summed E-state index contributed by atoms with van der Waals surface area (Å²) in [6.45, 7) is 7.95. The normalized spacial score (nSPS) is 13.5. The van der Waals surface area contributed by atoms with E-state index >= 15 is 0 Å². The molecule has 2 aromatic carbocycles. The van der Waals surface area contributed by atoms with Gasteiger partial charge in [0.2, 0.25) is 0 Å². The summed E-state index contributed by atoms with van der Waals surface area (Å²) >= 11 is 6.25. The van der Waals surface area contributed by atoms with Crippen LogP contribution in [0.3, 0.4) is 0 Å². The van der Waals surface area contributed by atoms with Gasteiger partial charge < -0.3 is 15.0 Å². The Morgan fingerprint density at radius 2 is 1.88 bits per heavy atom. The molecule has 172 valence electrons. The van der Waals surface area contributed by atoms with Crippen molar-refractivity contribution in [2.45, 2.75) is 39.9 Å². The summed E-state index contributed by atoms with van der Waals surface area (Å²) in [6.07, 6.45) is 0. The van der Waals surface area contributed by atoms with Crippen LogP contribution in [-0.2, 0) is 17.8 Å². The van der Waals surface area contributed by atoms with Gasteiger partial charge in [0.1, 0.15) is 11.4 Å². The van der Waals surface area contributed by atoms with E-state index in [0.29, 0.717) is 28.4 Å². The van der Waals surface area contributed by atoms with Gasteiger partial charge in [0, 0.05) is 18.1 Å². The van der Waals surface area contributed by atoms with Gasteiger partial charge in [0.05, 0.1) is 31.0 Å². The van der Waals surface area contributed by atoms with E-state index in [1.54, 1.807) is 12.1 Å². The number of carbonyl (C=O) groups is 2. The Balaban J connectivity index is 1.54. The highest BCUT2D eigenvalue weighted by atomic mass is 35.5. The molecule has 3 aromatic rings. The third-order valence-electron chi connectivity index (χ3n) is 5.86. The predicted octanol–water partition coefficient (Wildman–Crippen LogP) is 4.45. The molecule has 4 rings (SSSR count). The largest absolute Gasteiger partial charge is 0.465 e. The quantitative estimate of drug-likeness (QED) is 0.543. The number of methoxy groups -OCH3 is 1. The SMILES string of the molecule is COC(=O)c1ccc([C@H](C)NC(=O)c2c(C)nn3c2N(Cc2cc(C)cc(Cl)c2)CC3)cc1. The topological polar surface area (TPSA) is 76.5 Å². The van der Waals surface area contributed by atoms with E-state index in [2.05, 4.69) is 21.4 Å². The zero-order valence-corrected chi connectivity index (χ0v) is 19.9. The fourth-order valence-corrected chi connectivity index (χ4v) is 4.60. The smallest absolute Gasteiger partial charge is 0.337 e. The van der Waals surface area contributed by atoms with E-state index in [-0.39, 0.29) is 17.9 Å². The molecule has 0 fully saturated rings. The molecule has 1 atom stereocenters. The fraction of sp³-hybridized carbons (Fsp3) is 0.320. The van der Waals surface area contributed by atoms with Crippen molar-refractivity contribution in [1.29, 1.82) is 0 Å². The molecule has 1 aliphatic rings. The average molecular weight is 467 g/mol. The van der Waals surface area contributed by atoms with Gasteiger partial charge in [-0.15, -0.1) is 0 Å². The number of hydrogen-bond acceptors (Lipinski definition) is 5. The van der Waals surface area contributed by atoms with Crippen LogP contribution in [0, 0.1) is 13.8 Å². The van der Waals surface area contributed by atoms with Crippen LogP contribution >= 0.6 is 11.6 Å². The second-order valence-corrected chi connectivity index (χ2v) is 8.81. The minimum Gasteiger partial charge on any atom is -0.465 e. The molecule has 1 aromatic heterocycles. The molecule has 2 heterocycles. The highest BCUT2D eigenvalue weighted by Gasteiger charge is 2.30. The number of rotatable bonds is 6. The van der Waals surface area contributed by atoms with E-state index in [0.717, 1.165) is 35.6 Å². The minimum absolute atomic E-state index is 0.174. The van der Waals surface area contributed by atoms with Gasteiger partial charge in [-0.3, -0.25) is 4.79 Å². The molecule has 0 saturated heterocycles. The summed E-state index contributed by atoms with van der Waals surface area (Å²) in [7, 11) is 1.35. The number of esters is 1. The lowest BCUT2D eigenvalue weighted by Gasteiger charge is -2.21. The van der Waals surface area contributed by atoms with Gasteiger partial charge in [-0.25, -0.2) is 9.48 Å². The van der Waals surface area contributed by atoms with Crippen LogP contribution in [-0.4, -0.2) is 35.3 Å². The predicted molar refractivity (Wildman–Crippen MR) is 128 cm³/mol. The Morgan fingerprint density at radius 1 is 1.15 bits per heavy atom. The molecule has 1 amide bonds. The van der Waals surface area contributed by atoms with Crippen LogP contribution in [0.5, 0.6) is 0 Å². The lowest BCUT2D eigenvalue weighted by Crippen LogP contribution is -2.29. The summed E-state index contributed by atoms with van der Waals surface area (Å²) in [5, 5.41) is 8.38. The number of aromatic nitrogens is 2. The monoisotopic (exact) mass is 466 g/mol. The van der Waals surface area contributed by atoms with Crippen molar-refractivity contribution in [3.63, 3.8) is 0 Å². The van der Waals surface area contributed by atoms with Gasteiger partial charge in [-0.1, -0.05) is 29.8 Å². The second-order valence-electron chi connectivity index (χ2n) is 8.37. The number of amides is 1. The fourth-order valence-electron chi connectivity index (χ4n) is 4.29. The molecule has 0 unspecified atom stereocenters. The molecule has 0 radical (unpaired) electrons. The van der Waals surface area contributed by atoms with Gasteiger partial charge >= 0.3 is 5.97 Å². The van der Waals surface area contributed by atoms with Gasteiger partial charge in [0.15, 0.2) is 0 Å². The first-order valence-corrected chi connectivity index (χ1v) is 11.2. The molecular formula is C25H27ClN4O3. The number of ether oxygens (including phenoxy) is 1. The third kappa shape index (κ3) is 4.73. The Bertz CT molecular complexity index is 1180. The van der Waals surface area contributed by atoms with Crippen molar-refractivity contribution < 1.29 is 14.3 Å². The van der Waals surface area contributed by atoms with Crippen molar-refractivity contribution in [2.75, 3.05) is 18.6 Å². The number of benzene rings is 2. The third-order valence-corrected chi connectivity index (χ3v) is 6.08. The van der Waals surface area contributed by atoms with Crippen molar-refractivity contribution in [3.05, 3.63) is 81.0 Å². The standard InChI is InChI=1S/C25H27ClN4O3/c1-15-11-18(13-21(26)12-15)14-29-9-10-30-24(29)22(17(3)28-30)23(31)27-16(2)19-5-7-20(8-6-19)25(32)33-4/h5-8,11-13,16H,9-10,14H2,1-4H3,(H,27,31)/t16-/m0/s1. The number of hydrogen-bond donors (Lipinski definition) is 1. The zero-order chi connectivity index (χ0) is 23.7. The number of anilines is 1. The second kappa shape index (κ2) is 9.27. The summed E-state index contributed by atoms with van der Waals surface area (Å²) in [5.41, 5.74) is 4.84. The maximum absolute atomic E-state index is 13.3. The number of nitrogens with one attached hydrogen (secondary N) is 1. The molecular weight excluding hydrogens is 440 g/mol. The lowest BCUT2D eigenvalue weighted by atomic mass is 10.1. The van der Waals surface area contributed by atoms with Crippen LogP contribution in [0.25, 0.3) is 0 Å². The van der Waals surface area contributed by atoms with E-state index in [4.69, 9.17) is 16.3 Å². The van der Waals surface area contributed by atoms with E-state index in [1.165, 1.54) is 7.11 Å². The van der Waals surface area contributed by atoms with Crippen LogP contribution in [0.4, 0.5) is 5.82 Å². The number of fused-ring (bicyclic) bond motifs is 1. The van der Waals surface area contributed by atoms with Crippen LogP contribution in [0.2, 0.25) is 5.02 Å². The number of aryl methyl sites for hydroxylation is 2. The molecule has 0 spiro atoms. The summed E-state index contributed by atoms with van der Waals surface area (Å²) in [6, 6.07) is 12.8. The Hall–Kier alpha value is -3.32. The first kappa shape index (κ1) is 22.9. The lowest BCUT2D eigenvalue weighted by molar-refractivity contribution is 0.0600. The highest BCUT2D eigenvalue weighted by Crippen LogP contribution is 2.31. The molecule has 1 N–H and O–H groups in total. The number of carbonyl (C=O) groups excluding carboxylic acids is 2. The average Bonchev–Trinajstić information content (AvgIpc) is 3.30. The molecule has 8 heteroatoms. The van der Waals surface area contributed by atoms with Crippen LogP contribution in [0.15, 0.2) is 42.5 Å². The van der Waals surface area contributed by atoms with E-state index < -0.39 is 0 Å². The summed E-state index contributed by atoms with van der Waals surface area (Å²) in [5.74, 6) is 0.266. The molecule has 0 aliphatic carbocycles. The zero-order valence-electron chi connectivity index (χ0n) is 19.2. The van der Waals surface area contributed by atoms with E-state index in [9.17, 15) is 9.59 Å². The van der Waals surface area contributed by atoms with Crippen molar-refractivity contribution in [1.82, 2.24) is 15.1 Å². The first-order chi connectivity index (χ1) is 15.8. The van der Waals surface area contributed by atoms with Gasteiger partial charge in [0.25, 0.3) is 5.91 Å². The molecule has 0 saturated carbocycles. The van der Waals surface area contributed by atoms with Crippen molar-refractivity contribution in [3.8, 4) is 0 Å². The van der Waals surface area contributed by atoms with Crippen LogP contribution < -0.4 is 10.2 Å². The minimum atomic E-state index is -0.390. The molecule has 33 heavy (non-hydrogen) atoms. The Morgan fingerprint density at radius 3 is 2.55 bits per heavy atom. The Kier molecular flexibility index (Phi) is 6.42. The maximum atomic E-state index is 13.3. The van der Waals surface area contributed by atoms with E-state index in [1.807, 2.05) is 49.7 Å². The Labute approximate surface area is 198 Å². The molecule has 0 bridgehead atoms. The first-order valence-electron chi connectivity index (χ1n) is 10.8. The molecule has 1 aliphatic heterocycles. The summed E-state index contributed by atoms with van der Waals surface area (Å²) < 4.78 is 6.64. The van der Waals surface area contributed by atoms with Gasteiger partial charge in [-0.05, 0) is 61.7 Å². The molecule has 7 nitrogen and oxygen atoms in total. The van der Waals surface area contributed by atoms with Crippen molar-refractivity contribution >= 4 is 29.3 Å². The van der Waals surface area contributed by atoms with Crippen LogP contribution in [0.1, 0.15) is 56.1 Å². The van der Waals surface area contributed by atoms with Gasteiger partial charge in [-0.2, -0.15) is 5.10 Å². The number of halogens is 1. The number of nitrogens with zero attached hydrogens (tertiary/aromatic N) is 3. The maximum Gasteiger partial charge on any atom is 0.337 e. The summed E-state index contributed by atoms with van der Waals surface area (Å²) in [4.78, 5) is 27.1. The van der Waals surface area contributed by atoms with Crippen molar-refractivity contribution in [2.24, 2.45) is 0 Å².